The van der Waals surface area contributed by atoms with Gasteiger partial charge in [0.05, 0.1) is 0 Å². The van der Waals surface area contributed by atoms with Crippen LogP contribution < -0.4 is 10.1 Å². The molecular formula is C24H21Cl2NO3. The summed E-state index contributed by atoms with van der Waals surface area (Å²) in [7, 11) is 0. The van der Waals surface area contributed by atoms with E-state index in [-0.39, 0.29) is 17.6 Å². The SMILES string of the molecule is Cc1ccc(C(=O)Nc2ccc(OC(CCCl)C(=O)c3ccc(Cl)cc3)cc2)cc1. The van der Waals surface area contributed by atoms with Gasteiger partial charge in [0.1, 0.15) is 5.75 Å². The minimum Gasteiger partial charge on any atom is -0.482 e. The Bertz CT molecular complexity index is 1000. The van der Waals surface area contributed by atoms with E-state index in [1.54, 1.807) is 60.7 Å². The lowest BCUT2D eigenvalue weighted by atomic mass is 10.0. The Balaban J connectivity index is 1.66. The van der Waals surface area contributed by atoms with Gasteiger partial charge in [-0.15, -0.1) is 11.6 Å². The van der Waals surface area contributed by atoms with Crippen molar-refractivity contribution in [3.8, 4) is 5.75 Å². The average molecular weight is 442 g/mol. The number of carbonyl (C=O) groups excluding carboxylic acids is 2. The Morgan fingerprint density at radius 3 is 2.10 bits per heavy atom. The van der Waals surface area contributed by atoms with Crippen molar-refractivity contribution in [3.63, 3.8) is 0 Å². The maximum Gasteiger partial charge on any atom is 0.255 e. The van der Waals surface area contributed by atoms with Crippen LogP contribution >= 0.6 is 23.2 Å². The van der Waals surface area contributed by atoms with Crippen molar-refractivity contribution in [1.82, 2.24) is 0 Å². The van der Waals surface area contributed by atoms with Crippen LogP contribution in [0.15, 0.2) is 72.8 Å². The number of Topliss-reactive ketones (excluding diaryl/α,β-unsaturated/α-hetero) is 1. The van der Waals surface area contributed by atoms with Crippen LogP contribution in [-0.2, 0) is 0 Å². The number of hydrogen-bond acceptors (Lipinski definition) is 3. The molecule has 0 saturated heterocycles. The highest BCUT2D eigenvalue weighted by molar-refractivity contribution is 6.30. The number of amides is 1. The zero-order chi connectivity index (χ0) is 21.5. The largest absolute Gasteiger partial charge is 0.482 e. The van der Waals surface area contributed by atoms with Crippen LogP contribution in [0, 0.1) is 6.92 Å². The minimum absolute atomic E-state index is 0.163. The number of ketones is 1. The molecule has 4 nitrogen and oxygen atoms in total. The fourth-order valence-corrected chi connectivity index (χ4v) is 3.16. The van der Waals surface area contributed by atoms with Crippen molar-refractivity contribution in [2.45, 2.75) is 19.4 Å². The number of anilines is 1. The van der Waals surface area contributed by atoms with Crippen molar-refractivity contribution >= 4 is 40.6 Å². The first-order chi connectivity index (χ1) is 14.5. The predicted octanol–water partition coefficient (Wildman–Crippen LogP) is 6.16. The molecule has 6 heteroatoms. The van der Waals surface area contributed by atoms with E-state index in [0.29, 0.717) is 34.0 Å². The molecule has 1 atom stereocenters. The summed E-state index contributed by atoms with van der Waals surface area (Å²) in [6, 6.07) is 20.9. The van der Waals surface area contributed by atoms with Crippen LogP contribution in [0.2, 0.25) is 5.02 Å². The molecular weight excluding hydrogens is 421 g/mol. The van der Waals surface area contributed by atoms with E-state index < -0.39 is 6.10 Å². The fraction of sp³-hybridized carbons (Fsp3) is 0.167. The van der Waals surface area contributed by atoms with Crippen molar-refractivity contribution in [3.05, 3.63) is 94.5 Å². The molecule has 0 fully saturated rings. The lowest BCUT2D eigenvalue weighted by Gasteiger charge is -2.17. The Morgan fingerprint density at radius 1 is 0.900 bits per heavy atom. The second kappa shape index (κ2) is 10.3. The summed E-state index contributed by atoms with van der Waals surface area (Å²) in [5.41, 5.74) is 2.81. The van der Waals surface area contributed by atoms with Gasteiger partial charge in [-0.3, -0.25) is 9.59 Å². The van der Waals surface area contributed by atoms with Gasteiger partial charge in [0.25, 0.3) is 5.91 Å². The molecule has 0 aliphatic carbocycles. The molecule has 1 N–H and O–H groups in total. The summed E-state index contributed by atoms with van der Waals surface area (Å²) in [6.45, 7) is 1.97. The molecule has 30 heavy (non-hydrogen) atoms. The van der Waals surface area contributed by atoms with Gasteiger partial charge in [-0.2, -0.15) is 0 Å². The molecule has 0 aliphatic heterocycles. The molecule has 154 valence electrons. The molecule has 0 spiro atoms. The minimum atomic E-state index is -0.711. The van der Waals surface area contributed by atoms with Crippen LogP contribution in [0.5, 0.6) is 5.75 Å². The molecule has 1 unspecified atom stereocenters. The van der Waals surface area contributed by atoms with E-state index in [0.717, 1.165) is 5.56 Å². The number of carbonyl (C=O) groups is 2. The average Bonchev–Trinajstić information content (AvgIpc) is 2.75. The third kappa shape index (κ3) is 5.85. The van der Waals surface area contributed by atoms with Crippen LogP contribution in [0.25, 0.3) is 0 Å². The number of benzene rings is 3. The first-order valence-corrected chi connectivity index (χ1v) is 10.4. The Hall–Kier alpha value is -2.82. The molecule has 1 amide bonds. The summed E-state index contributed by atoms with van der Waals surface area (Å²) in [4.78, 5) is 25.1. The smallest absolute Gasteiger partial charge is 0.255 e. The van der Waals surface area contributed by atoms with Crippen LogP contribution in [0.3, 0.4) is 0 Å². The molecule has 0 aromatic heterocycles. The van der Waals surface area contributed by atoms with Gasteiger partial charge >= 0.3 is 0 Å². The topological polar surface area (TPSA) is 55.4 Å². The van der Waals surface area contributed by atoms with Gasteiger partial charge in [0.2, 0.25) is 5.78 Å². The van der Waals surface area contributed by atoms with E-state index in [1.807, 2.05) is 19.1 Å². The highest BCUT2D eigenvalue weighted by atomic mass is 35.5. The number of rotatable bonds is 8. The van der Waals surface area contributed by atoms with Crippen molar-refractivity contribution < 1.29 is 14.3 Å². The van der Waals surface area contributed by atoms with Gasteiger partial charge in [0.15, 0.2) is 6.10 Å². The predicted molar refractivity (Wildman–Crippen MR) is 121 cm³/mol. The number of halogens is 2. The molecule has 3 aromatic rings. The quantitative estimate of drug-likeness (QED) is 0.336. The lowest BCUT2D eigenvalue weighted by molar-refractivity contribution is 0.0788. The van der Waals surface area contributed by atoms with E-state index in [9.17, 15) is 9.59 Å². The number of hydrogen-bond donors (Lipinski definition) is 1. The molecule has 0 bridgehead atoms. The van der Waals surface area contributed by atoms with E-state index in [2.05, 4.69) is 5.32 Å². The Morgan fingerprint density at radius 2 is 1.50 bits per heavy atom. The summed E-state index contributed by atoms with van der Waals surface area (Å²) in [5.74, 6) is 0.445. The van der Waals surface area contributed by atoms with Crippen molar-refractivity contribution in [2.75, 3.05) is 11.2 Å². The normalized spacial score (nSPS) is 11.6. The highest BCUT2D eigenvalue weighted by Gasteiger charge is 2.21. The van der Waals surface area contributed by atoms with Crippen LogP contribution in [0.4, 0.5) is 5.69 Å². The zero-order valence-electron chi connectivity index (χ0n) is 16.4. The highest BCUT2D eigenvalue weighted by Crippen LogP contribution is 2.21. The summed E-state index contributed by atoms with van der Waals surface area (Å²) in [5, 5.41) is 3.40. The third-order valence-corrected chi connectivity index (χ3v) is 4.97. The fourth-order valence-electron chi connectivity index (χ4n) is 2.83. The number of ether oxygens (including phenoxy) is 1. The second-order valence-electron chi connectivity index (χ2n) is 6.80. The van der Waals surface area contributed by atoms with Crippen LogP contribution in [0.1, 0.15) is 32.7 Å². The van der Waals surface area contributed by atoms with Gasteiger partial charge in [-0.25, -0.2) is 0 Å². The molecule has 0 aliphatic rings. The van der Waals surface area contributed by atoms with Crippen LogP contribution in [-0.4, -0.2) is 23.7 Å². The van der Waals surface area contributed by atoms with Gasteiger partial charge in [-0.1, -0.05) is 29.3 Å². The Labute approximate surface area is 185 Å². The number of nitrogens with one attached hydrogen (secondary N) is 1. The number of alkyl halides is 1. The molecule has 0 radical (unpaired) electrons. The summed E-state index contributed by atoms with van der Waals surface area (Å²) >= 11 is 11.8. The van der Waals surface area contributed by atoms with Gasteiger partial charge < -0.3 is 10.1 Å². The maximum atomic E-state index is 12.8. The first kappa shape index (κ1) is 21.9. The first-order valence-electron chi connectivity index (χ1n) is 9.47. The molecule has 0 saturated carbocycles. The standard InChI is InChI=1S/C24H21Cl2NO3/c1-16-2-4-18(5-3-16)24(29)27-20-10-12-21(13-11-20)30-22(14-15-25)23(28)17-6-8-19(26)9-7-17/h2-13,22H,14-15H2,1H3,(H,27,29). The monoisotopic (exact) mass is 441 g/mol. The lowest BCUT2D eigenvalue weighted by Crippen LogP contribution is -2.28. The van der Waals surface area contributed by atoms with Crippen molar-refractivity contribution in [2.24, 2.45) is 0 Å². The Kier molecular flexibility index (Phi) is 7.50. The summed E-state index contributed by atoms with van der Waals surface area (Å²) < 4.78 is 5.88. The van der Waals surface area contributed by atoms with Crippen molar-refractivity contribution in [1.29, 1.82) is 0 Å². The van der Waals surface area contributed by atoms with E-state index in [1.165, 1.54) is 0 Å². The van der Waals surface area contributed by atoms with Gasteiger partial charge in [-0.05, 0) is 67.6 Å². The van der Waals surface area contributed by atoms with E-state index >= 15 is 0 Å². The molecule has 3 aromatic carbocycles. The van der Waals surface area contributed by atoms with Gasteiger partial charge in [0, 0.05) is 34.1 Å². The molecule has 3 rings (SSSR count). The summed E-state index contributed by atoms with van der Waals surface area (Å²) in [6.07, 6.45) is -0.341. The van der Waals surface area contributed by atoms with E-state index in [4.69, 9.17) is 27.9 Å². The number of aryl methyl sites for hydroxylation is 1. The second-order valence-corrected chi connectivity index (χ2v) is 7.61. The zero-order valence-corrected chi connectivity index (χ0v) is 17.9. The molecule has 0 heterocycles. The maximum absolute atomic E-state index is 12.8. The third-order valence-electron chi connectivity index (χ3n) is 4.50.